The lowest BCUT2D eigenvalue weighted by Gasteiger charge is -2.25. The summed E-state index contributed by atoms with van der Waals surface area (Å²) in [4.78, 5) is 3.79. The lowest BCUT2D eigenvalue weighted by molar-refractivity contribution is 0.457. The zero-order valence-corrected chi connectivity index (χ0v) is 13.4. The number of aromatic hydroxyl groups is 1. The fourth-order valence-corrected chi connectivity index (χ4v) is 3.32. The molecule has 1 aliphatic carbocycles. The maximum atomic E-state index is 10.3. The predicted octanol–water partition coefficient (Wildman–Crippen LogP) is 3.90. The molecule has 0 amide bonds. The number of anilines is 1. The van der Waals surface area contributed by atoms with Gasteiger partial charge in [-0.25, -0.2) is 0 Å². The van der Waals surface area contributed by atoms with Crippen molar-refractivity contribution < 1.29 is 5.11 Å². The summed E-state index contributed by atoms with van der Waals surface area (Å²) in [7, 11) is 1.91. The monoisotopic (exact) mass is 302 g/mol. The number of phenolic OH excluding ortho intramolecular Hbond substituents is 1. The third kappa shape index (κ3) is 3.22. The van der Waals surface area contributed by atoms with Gasteiger partial charge in [-0.1, -0.05) is 12.1 Å². The summed E-state index contributed by atoms with van der Waals surface area (Å²) in [6.07, 6.45) is 2.50. The number of nitrogens with one attached hydrogen (secondary N) is 1. The van der Waals surface area contributed by atoms with Gasteiger partial charge in [-0.15, -0.1) is 11.3 Å². The van der Waals surface area contributed by atoms with E-state index in [-0.39, 0.29) is 6.04 Å². The standard InChI is InChI=1S/C17H22N2OS/c1-12(18-2)16-8-7-14(10-17(16)20)19(13-5-6-13)11-15-4-3-9-21-15/h3-4,7-10,12-13,18,20H,5-6,11H2,1-2H3. The van der Waals surface area contributed by atoms with Gasteiger partial charge in [-0.05, 0) is 44.3 Å². The van der Waals surface area contributed by atoms with Crippen LogP contribution in [0.2, 0.25) is 0 Å². The molecule has 112 valence electrons. The number of benzene rings is 1. The third-order valence-corrected chi connectivity index (χ3v) is 5.00. The van der Waals surface area contributed by atoms with Crippen molar-refractivity contribution in [2.24, 2.45) is 0 Å². The van der Waals surface area contributed by atoms with Crippen molar-refractivity contribution in [2.75, 3.05) is 11.9 Å². The average molecular weight is 302 g/mol. The Kier molecular flexibility index (Phi) is 4.17. The zero-order valence-electron chi connectivity index (χ0n) is 12.5. The van der Waals surface area contributed by atoms with Crippen molar-refractivity contribution in [3.05, 3.63) is 46.2 Å². The van der Waals surface area contributed by atoms with Crippen LogP contribution in [-0.4, -0.2) is 18.2 Å². The number of rotatable bonds is 6. The highest BCUT2D eigenvalue weighted by molar-refractivity contribution is 7.09. The maximum absolute atomic E-state index is 10.3. The van der Waals surface area contributed by atoms with Crippen LogP contribution in [0, 0.1) is 0 Å². The van der Waals surface area contributed by atoms with E-state index < -0.39 is 0 Å². The van der Waals surface area contributed by atoms with Gasteiger partial charge < -0.3 is 15.3 Å². The van der Waals surface area contributed by atoms with Crippen LogP contribution >= 0.6 is 11.3 Å². The average Bonchev–Trinajstić information content (AvgIpc) is 3.20. The summed E-state index contributed by atoms with van der Waals surface area (Å²) < 4.78 is 0. The molecule has 3 rings (SSSR count). The molecule has 1 saturated carbocycles. The SMILES string of the molecule is CNC(C)c1ccc(N(Cc2cccs2)C2CC2)cc1O. The van der Waals surface area contributed by atoms with Gasteiger partial charge in [0.05, 0.1) is 6.54 Å². The zero-order chi connectivity index (χ0) is 14.8. The molecule has 4 heteroatoms. The van der Waals surface area contributed by atoms with Crippen molar-refractivity contribution in [3.8, 4) is 5.75 Å². The van der Waals surface area contributed by atoms with Crippen LogP contribution in [0.15, 0.2) is 35.7 Å². The first-order chi connectivity index (χ1) is 10.2. The Morgan fingerprint density at radius 3 is 2.76 bits per heavy atom. The predicted molar refractivity (Wildman–Crippen MR) is 89.1 cm³/mol. The molecule has 1 aliphatic rings. The molecule has 1 aromatic heterocycles. The molecule has 0 saturated heterocycles. The molecule has 21 heavy (non-hydrogen) atoms. The molecule has 3 nitrogen and oxygen atoms in total. The quantitative estimate of drug-likeness (QED) is 0.849. The van der Waals surface area contributed by atoms with Crippen LogP contribution in [0.1, 0.15) is 36.2 Å². The van der Waals surface area contributed by atoms with E-state index in [1.807, 2.05) is 19.2 Å². The highest BCUT2D eigenvalue weighted by Gasteiger charge is 2.30. The van der Waals surface area contributed by atoms with Gasteiger partial charge in [0.2, 0.25) is 0 Å². The Bertz CT molecular complexity index is 593. The molecule has 0 radical (unpaired) electrons. The molecule has 1 aromatic carbocycles. The summed E-state index contributed by atoms with van der Waals surface area (Å²) in [5.41, 5.74) is 2.07. The molecule has 0 aliphatic heterocycles. The minimum atomic E-state index is 0.158. The molecule has 2 N–H and O–H groups in total. The Morgan fingerprint density at radius 1 is 1.38 bits per heavy atom. The van der Waals surface area contributed by atoms with Crippen LogP contribution in [-0.2, 0) is 6.54 Å². The fraction of sp³-hybridized carbons (Fsp3) is 0.412. The van der Waals surface area contributed by atoms with Gasteiger partial charge >= 0.3 is 0 Å². The lowest BCUT2D eigenvalue weighted by Crippen LogP contribution is -2.24. The van der Waals surface area contributed by atoms with E-state index in [4.69, 9.17) is 0 Å². The van der Waals surface area contributed by atoms with Gasteiger partial charge in [0, 0.05) is 34.3 Å². The summed E-state index contributed by atoms with van der Waals surface area (Å²) in [5, 5.41) is 15.6. The summed E-state index contributed by atoms with van der Waals surface area (Å²) in [6.45, 7) is 2.99. The first-order valence-electron chi connectivity index (χ1n) is 7.48. The number of thiophene rings is 1. The van der Waals surface area contributed by atoms with Crippen LogP contribution in [0.4, 0.5) is 5.69 Å². The third-order valence-electron chi connectivity index (χ3n) is 4.14. The van der Waals surface area contributed by atoms with E-state index in [0.717, 1.165) is 17.8 Å². The smallest absolute Gasteiger partial charge is 0.122 e. The van der Waals surface area contributed by atoms with Crippen molar-refractivity contribution in [3.63, 3.8) is 0 Å². The van der Waals surface area contributed by atoms with E-state index in [9.17, 15) is 5.11 Å². The number of hydrogen-bond acceptors (Lipinski definition) is 4. The van der Waals surface area contributed by atoms with Crippen molar-refractivity contribution in [1.82, 2.24) is 5.32 Å². The molecule has 1 unspecified atom stereocenters. The second-order valence-electron chi connectivity index (χ2n) is 5.69. The number of nitrogens with zero attached hydrogens (tertiary/aromatic N) is 1. The largest absolute Gasteiger partial charge is 0.508 e. The second-order valence-corrected chi connectivity index (χ2v) is 6.72. The normalized spacial score (nSPS) is 15.9. The van der Waals surface area contributed by atoms with Gasteiger partial charge in [0.15, 0.2) is 0 Å². The van der Waals surface area contributed by atoms with Crippen LogP contribution < -0.4 is 10.2 Å². The molecule has 2 aromatic rings. The van der Waals surface area contributed by atoms with Gasteiger partial charge in [0.1, 0.15) is 5.75 Å². The first-order valence-corrected chi connectivity index (χ1v) is 8.36. The Morgan fingerprint density at radius 2 is 2.19 bits per heavy atom. The van der Waals surface area contributed by atoms with Crippen molar-refractivity contribution in [1.29, 1.82) is 0 Å². The molecular weight excluding hydrogens is 280 g/mol. The molecular formula is C17H22N2OS. The Hall–Kier alpha value is -1.52. The topological polar surface area (TPSA) is 35.5 Å². The maximum Gasteiger partial charge on any atom is 0.122 e. The minimum Gasteiger partial charge on any atom is -0.508 e. The fourth-order valence-electron chi connectivity index (χ4n) is 2.62. The molecule has 1 heterocycles. The minimum absolute atomic E-state index is 0.158. The van der Waals surface area contributed by atoms with Crippen molar-refractivity contribution >= 4 is 17.0 Å². The lowest BCUT2D eigenvalue weighted by atomic mass is 10.1. The van der Waals surface area contributed by atoms with Crippen molar-refractivity contribution in [2.45, 2.75) is 38.4 Å². The summed E-state index contributed by atoms with van der Waals surface area (Å²) in [5.74, 6) is 0.381. The highest BCUT2D eigenvalue weighted by Crippen LogP contribution is 2.36. The van der Waals surface area contributed by atoms with Crippen LogP contribution in [0.3, 0.4) is 0 Å². The molecule has 1 fully saturated rings. The second kappa shape index (κ2) is 6.08. The highest BCUT2D eigenvalue weighted by atomic mass is 32.1. The molecule has 0 bridgehead atoms. The van der Waals surface area contributed by atoms with Gasteiger partial charge in [0.25, 0.3) is 0 Å². The van der Waals surface area contributed by atoms with E-state index in [1.54, 1.807) is 11.3 Å². The van der Waals surface area contributed by atoms with Gasteiger partial charge in [-0.2, -0.15) is 0 Å². The first kappa shape index (κ1) is 14.4. The van der Waals surface area contributed by atoms with E-state index in [2.05, 4.69) is 40.7 Å². The molecule has 1 atom stereocenters. The van der Waals surface area contributed by atoms with Gasteiger partial charge in [-0.3, -0.25) is 0 Å². The van der Waals surface area contributed by atoms with E-state index in [0.29, 0.717) is 11.8 Å². The summed E-state index contributed by atoms with van der Waals surface area (Å²) in [6, 6.07) is 11.1. The Balaban J connectivity index is 1.84. The van der Waals surface area contributed by atoms with E-state index >= 15 is 0 Å². The summed E-state index contributed by atoms with van der Waals surface area (Å²) >= 11 is 1.79. The molecule has 0 spiro atoms. The van der Waals surface area contributed by atoms with E-state index in [1.165, 1.54) is 17.7 Å². The number of phenols is 1. The Labute approximate surface area is 130 Å². The van der Waals surface area contributed by atoms with Crippen LogP contribution in [0.5, 0.6) is 5.75 Å². The van der Waals surface area contributed by atoms with Crippen LogP contribution in [0.25, 0.3) is 0 Å². The number of hydrogen-bond donors (Lipinski definition) is 2.